The normalized spacial score (nSPS) is 22.4. The molecule has 1 unspecified atom stereocenters. The maximum Gasteiger partial charge on any atom is 0.438 e. The number of carbonyl (C=O) groups excluding carboxylic acids is 1. The van der Waals surface area contributed by atoms with Crippen LogP contribution in [0.25, 0.3) is 0 Å². The van der Waals surface area contributed by atoms with Crippen molar-refractivity contribution in [3.05, 3.63) is 35.6 Å². The lowest BCUT2D eigenvalue weighted by atomic mass is 10.0. The number of benzene rings is 1. The van der Waals surface area contributed by atoms with Gasteiger partial charge in [-0.05, 0) is 30.7 Å². The van der Waals surface area contributed by atoms with Gasteiger partial charge in [0.2, 0.25) is 0 Å². The maximum absolute atomic E-state index is 13.1. The molecule has 1 aromatic carbocycles. The van der Waals surface area contributed by atoms with Gasteiger partial charge in [-0.3, -0.25) is 4.79 Å². The number of hydrogen-bond acceptors (Lipinski definition) is 3. The lowest BCUT2D eigenvalue weighted by molar-refractivity contribution is -0.297. The molecule has 0 saturated carbocycles. The molecule has 0 radical (unpaired) electrons. The SMILES string of the molecule is CCC1=NN(C(=O)c2ccc(F)cc2)C(O)(C(F)(F)F)C1. The van der Waals surface area contributed by atoms with Crippen LogP contribution >= 0.6 is 0 Å². The smallest absolute Gasteiger partial charge is 0.362 e. The summed E-state index contributed by atoms with van der Waals surface area (Å²) in [4.78, 5) is 12.1. The molecule has 21 heavy (non-hydrogen) atoms. The van der Waals surface area contributed by atoms with E-state index in [1.807, 2.05) is 0 Å². The lowest BCUT2D eigenvalue weighted by Gasteiger charge is -2.32. The molecule has 1 aliphatic rings. The van der Waals surface area contributed by atoms with Crippen molar-refractivity contribution in [2.75, 3.05) is 0 Å². The summed E-state index contributed by atoms with van der Waals surface area (Å²) >= 11 is 0. The second-order valence-electron chi connectivity index (χ2n) is 4.63. The average Bonchev–Trinajstić information content (AvgIpc) is 2.77. The van der Waals surface area contributed by atoms with Crippen molar-refractivity contribution in [3.63, 3.8) is 0 Å². The van der Waals surface area contributed by atoms with Gasteiger partial charge in [0, 0.05) is 17.7 Å². The zero-order chi connectivity index (χ0) is 15.8. The highest BCUT2D eigenvalue weighted by Crippen LogP contribution is 2.41. The van der Waals surface area contributed by atoms with Gasteiger partial charge in [0.25, 0.3) is 11.6 Å². The molecule has 0 saturated heterocycles. The lowest BCUT2D eigenvalue weighted by Crippen LogP contribution is -2.56. The number of rotatable bonds is 2. The fourth-order valence-corrected chi connectivity index (χ4v) is 1.96. The molecule has 4 nitrogen and oxygen atoms in total. The van der Waals surface area contributed by atoms with Crippen molar-refractivity contribution in [1.82, 2.24) is 5.01 Å². The summed E-state index contributed by atoms with van der Waals surface area (Å²) < 4.78 is 52.0. The van der Waals surface area contributed by atoms with Gasteiger partial charge in [0.05, 0.1) is 0 Å². The minimum atomic E-state index is -5.05. The topological polar surface area (TPSA) is 52.9 Å². The first-order chi connectivity index (χ1) is 9.69. The summed E-state index contributed by atoms with van der Waals surface area (Å²) in [6, 6.07) is 3.96. The van der Waals surface area contributed by atoms with Crippen LogP contribution in [0.3, 0.4) is 0 Å². The van der Waals surface area contributed by atoms with Crippen LogP contribution < -0.4 is 0 Å². The Hall–Kier alpha value is -1.96. The van der Waals surface area contributed by atoms with Crippen LogP contribution in [0.1, 0.15) is 30.1 Å². The van der Waals surface area contributed by atoms with Crippen molar-refractivity contribution in [2.24, 2.45) is 5.10 Å². The van der Waals surface area contributed by atoms with Crippen LogP contribution in [0.2, 0.25) is 0 Å². The summed E-state index contributed by atoms with van der Waals surface area (Å²) in [5.74, 6) is -1.77. The van der Waals surface area contributed by atoms with E-state index < -0.39 is 30.0 Å². The molecule has 0 aromatic heterocycles. The van der Waals surface area contributed by atoms with Crippen LogP contribution in [0.15, 0.2) is 29.4 Å². The summed E-state index contributed by atoms with van der Waals surface area (Å²) in [5.41, 5.74) is -3.51. The predicted molar refractivity (Wildman–Crippen MR) is 65.9 cm³/mol. The summed E-state index contributed by atoms with van der Waals surface area (Å²) in [6.07, 6.45) is -5.67. The Balaban J connectivity index is 2.40. The van der Waals surface area contributed by atoms with Crippen molar-refractivity contribution in [3.8, 4) is 0 Å². The van der Waals surface area contributed by atoms with Crippen LogP contribution in [-0.2, 0) is 0 Å². The van der Waals surface area contributed by atoms with Gasteiger partial charge in [-0.25, -0.2) is 4.39 Å². The van der Waals surface area contributed by atoms with Gasteiger partial charge in [-0.15, -0.1) is 0 Å². The maximum atomic E-state index is 13.1. The molecular formula is C13H12F4N2O2. The average molecular weight is 304 g/mol. The van der Waals surface area contributed by atoms with Crippen molar-refractivity contribution in [2.45, 2.75) is 31.7 Å². The third kappa shape index (κ3) is 2.63. The predicted octanol–water partition coefficient (Wildman–Crippen LogP) is 2.69. The first kappa shape index (κ1) is 15.4. The Labute approximate surface area is 117 Å². The van der Waals surface area contributed by atoms with Gasteiger partial charge in [0.15, 0.2) is 0 Å². The molecule has 0 bridgehead atoms. The molecule has 1 atom stereocenters. The molecule has 1 N–H and O–H groups in total. The Morgan fingerprint density at radius 3 is 2.43 bits per heavy atom. The number of carbonyl (C=O) groups is 1. The molecule has 1 aliphatic heterocycles. The number of amides is 1. The highest BCUT2D eigenvalue weighted by atomic mass is 19.4. The van der Waals surface area contributed by atoms with E-state index in [-0.39, 0.29) is 22.7 Å². The van der Waals surface area contributed by atoms with E-state index in [1.54, 1.807) is 6.92 Å². The molecule has 1 amide bonds. The third-order valence-electron chi connectivity index (χ3n) is 3.19. The monoisotopic (exact) mass is 304 g/mol. The van der Waals surface area contributed by atoms with Crippen LogP contribution in [0, 0.1) is 5.82 Å². The molecule has 2 rings (SSSR count). The van der Waals surface area contributed by atoms with E-state index in [0.29, 0.717) is 0 Å². The molecular weight excluding hydrogens is 292 g/mol. The Morgan fingerprint density at radius 1 is 1.38 bits per heavy atom. The van der Waals surface area contributed by atoms with E-state index in [9.17, 15) is 27.5 Å². The van der Waals surface area contributed by atoms with Crippen molar-refractivity contribution < 1.29 is 27.5 Å². The minimum absolute atomic E-state index is 0.0269. The second-order valence-corrected chi connectivity index (χ2v) is 4.63. The zero-order valence-corrected chi connectivity index (χ0v) is 11.0. The van der Waals surface area contributed by atoms with Crippen LogP contribution in [-0.4, -0.2) is 33.6 Å². The van der Waals surface area contributed by atoms with Gasteiger partial charge >= 0.3 is 6.18 Å². The van der Waals surface area contributed by atoms with E-state index in [4.69, 9.17) is 0 Å². The van der Waals surface area contributed by atoms with Crippen LogP contribution in [0.4, 0.5) is 17.6 Å². The summed E-state index contributed by atoms with van der Waals surface area (Å²) in [5, 5.41) is 13.5. The molecule has 0 aliphatic carbocycles. The number of aliphatic hydroxyl groups is 1. The fraction of sp³-hybridized carbons (Fsp3) is 0.385. The third-order valence-corrected chi connectivity index (χ3v) is 3.19. The van der Waals surface area contributed by atoms with Crippen molar-refractivity contribution >= 4 is 11.6 Å². The quantitative estimate of drug-likeness (QED) is 0.854. The number of alkyl halides is 3. The molecule has 0 spiro atoms. The van der Waals surface area contributed by atoms with E-state index in [0.717, 1.165) is 24.3 Å². The Bertz CT molecular complexity index is 583. The standard InChI is InChI=1S/C13H12F4N2O2/c1-2-10-7-12(21,13(15,16)17)19(18-10)11(20)8-3-5-9(14)6-4-8/h3-6,21H,2,7H2,1H3. The number of hydrogen-bond donors (Lipinski definition) is 1. The number of nitrogens with zero attached hydrogens (tertiary/aromatic N) is 2. The summed E-state index contributed by atoms with van der Waals surface area (Å²) in [6.45, 7) is 1.57. The molecule has 114 valence electrons. The number of halogens is 4. The molecule has 1 heterocycles. The number of hydrazone groups is 1. The Kier molecular flexibility index (Phi) is 3.75. The summed E-state index contributed by atoms with van der Waals surface area (Å²) in [7, 11) is 0. The first-order valence-electron chi connectivity index (χ1n) is 6.14. The molecule has 0 fully saturated rings. The van der Waals surface area contributed by atoms with E-state index in [2.05, 4.69) is 5.10 Å². The first-order valence-corrected chi connectivity index (χ1v) is 6.14. The zero-order valence-electron chi connectivity index (χ0n) is 11.0. The van der Waals surface area contributed by atoms with E-state index >= 15 is 0 Å². The minimum Gasteiger partial charge on any atom is -0.362 e. The second kappa shape index (κ2) is 5.10. The largest absolute Gasteiger partial charge is 0.438 e. The van der Waals surface area contributed by atoms with Gasteiger partial charge in [0.1, 0.15) is 5.82 Å². The van der Waals surface area contributed by atoms with Crippen molar-refractivity contribution in [1.29, 1.82) is 0 Å². The van der Waals surface area contributed by atoms with E-state index in [1.165, 1.54) is 0 Å². The highest BCUT2D eigenvalue weighted by molar-refractivity contribution is 5.98. The highest BCUT2D eigenvalue weighted by Gasteiger charge is 2.63. The van der Waals surface area contributed by atoms with Gasteiger partial charge in [-0.2, -0.15) is 23.3 Å². The van der Waals surface area contributed by atoms with Gasteiger partial charge in [-0.1, -0.05) is 6.92 Å². The fourth-order valence-electron chi connectivity index (χ4n) is 1.96. The molecule has 8 heteroatoms. The Morgan fingerprint density at radius 2 is 1.95 bits per heavy atom. The molecule has 1 aromatic rings. The van der Waals surface area contributed by atoms with Gasteiger partial charge < -0.3 is 5.11 Å². The van der Waals surface area contributed by atoms with Crippen LogP contribution in [0.5, 0.6) is 0 Å².